The molecule has 5 nitrogen and oxygen atoms in total. The number of amides is 1. The average Bonchev–Trinajstić information content (AvgIpc) is 2.56. The highest BCUT2D eigenvalue weighted by molar-refractivity contribution is 5.81. The summed E-state index contributed by atoms with van der Waals surface area (Å²) in [6.45, 7) is 1.50. The summed E-state index contributed by atoms with van der Waals surface area (Å²) in [7, 11) is 1.96. The molecule has 1 aliphatic rings. The highest BCUT2D eigenvalue weighted by atomic mass is 16.2. The number of aromatic nitrogens is 2. The molecule has 2 rings (SSSR count). The lowest BCUT2D eigenvalue weighted by Crippen LogP contribution is -2.42. The van der Waals surface area contributed by atoms with Gasteiger partial charge in [-0.3, -0.25) is 4.79 Å². The van der Waals surface area contributed by atoms with E-state index in [2.05, 4.69) is 15.6 Å². The first-order chi connectivity index (χ1) is 7.77. The van der Waals surface area contributed by atoms with Gasteiger partial charge in [-0.2, -0.15) is 0 Å². The molecule has 1 amide bonds. The highest BCUT2D eigenvalue weighted by Crippen LogP contribution is 2.06. The van der Waals surface area contributed by atoms with Crippen molar-refractivity contribution in [3.63, 3.8) is 0 Å². The van der Waals surface area contributed by atoms with E-state index in [4.69, 9.17) is 0 Å². The third-order valence-corrected chi connectivity index (χ3v) is 2.98. The zero-order valence-electron chi connectivity index (χ0n) is 9.57. The predicted octanol–water partition coefficient (Wildman–Crippen LogP) is 0.178. The molecule has 1 fully saturated rings. The minimum Gasteiger partial charge on any atom is -0.355 e. The fourth-order valence-electron chi connectivity index (χ4n) is 1.92. The van der Waals surface area contributed by atoms with Gasteiger partial charge in [-0.15, -0.1) is 0 Å². The molecule has 5 heteroatoms. The molecule has 16 heavy (non-hydrogen) atoms. The summed E-state index contributed by atoms with van der Waals surface area (Å²) in [6.07, 6.45) is 6.69. The van der Waals surface area contributed by atoms with Gasteiger partial charge in [-0.25, -0.2) is 4.98 Å². The smallest absolute Gasteiger partial charge is 0.237 e. The molecule has 1 aromatic rings. The first-order valence-corrected chi connectivity index (χ1v) is 5.73. The normalized spacial score (nSPS) is 21.6. The zero-order chi connectivity index (χ0) is 11.4. The fourth-order valence-corrected chi connectivity index (χ4v) is 1.92. The Labute approximate surface area is 95.2 Å². The lowest BCUT2D eigenvalue weighted by Gasteiger charge is -2.15. The number of hydrogen-bond acceptors (Lipinski definition) is 3. The van der Waals surface area contributed by atoms with Crippen molar-refractivity contribution >= 4 is 5.91 Å². The average molecular weight is 222 g/mol. The molecule has 1 aliphatic heterocycles. The molecular formula is C11H18N4O. The van der Waals surface area contributed by atoms with E-state index in [0.29, 0.717) is 6.54 Å². The standard InChI is InChI=1S/C11H18N4O/c1-15-8-12-6-9(15)7-14-10-4-2-3-5-13-11(10)16/h6,8,10,14H,2-5,7H2,1H3,(H,13,16). The topological polar surface area (TPSA) is 59.0 Å². The molecule has 0 spiro atoms. The van der Waals surface area contributed by atoms with Crippen molar-refractivity contribution < 1.29 is 4.79 Å². The predicted molar refractivity (Wildman–Crippen MR) is 60.7 cm³/mol. The maximum Gasteiger partial charge on any atom is 0.237 e. The summed E-state index contributed by atoms with van der Waals surface area (Å²) in [5.74, 6) is 0.125. The molecule has 2 heterocycles. The summed E-state index contributed by atoms with van der Waals surface area (Å²) in [6, 6.07) is -0.0580. The molecular weight excluding hydrogens is 204 g/mol. The molecule has 0 saturated carbocycles. The Hall–Kier alpha value is -1.36. The van der Waals surface area contributed by atoms with Crippen LogP contribution in [0.2, 0.25) is 0 Å². The number of rotatable bonds is 3. The molecule has 2 N–H and O–H groups in total. The molecule has 1 atom stereocenters. The maximum atomic E-state index is 11.7. The van der Waals surface area contributed by atoms with Crippen molar-refractivity contribution in [2.45, 2.75) is 31.8 Å². The van der Waals surface area contributed by atoms with Crippen molar-refractivity contribution in [2.24, 2.45) is 7.05 Å². The lowest BCUT2D eigenvalue weighted by atomic mass is 10.1. The van der Waals surface area contributed by atoms with E-state index in [0.717, 1.165) is 31.5 Å². The van der Waals surface area contributed by atoms with Gasteiger partial charge in [0.05, 0.1) is 18.1 Å². The number of nitrogens with zero attached hydrogens (tertiary/aromatic N) is 2. The van der Waals surface area contributed by atoms with E-state index in [9.17, 15) is 4.79 Å². The van der Waals surface area contributed by atoms with Crippen LogP contribution in [0, 0.1) is 0 Å². The summed E-state index contributed by atoms with van der Waals surface area (Å²) in [4.78, 5) is 15.7. The minimum atomic E-state index is -0.0580. The van der Waals surface area contributed by atoms with Gasteiger partial charge in [-0.1, -0.05) is 0 Å². The van der Waals surface area contributed by atoms with Crippen LogP contribution in [0.4, 0.5) is 0 Å². The second kappa shape index (κ2) is 5.12. The molecule has 0 aliphatic carbocycles. The van der Waals surface area contributed by atoms with E-state index in [-0.39, 0.29) is 11.9 Å². The van der Waals surface area contributed by atoms with Crippen LogP contribution in [0.25, 0.3) is 0 Å². The van der Waals surface area contributed by atoms with E-state index in [1.165, 1.54) is 0 Å². The van der Waals surface area contributed by atoms with Crippen LogP contribution in [0.3, 0.4) is 0 Å². The first kappa shape index (κ1) is 11.1. The van der Waals surface area contributed by atoms with Crippen LogP contribution in [0.15, 0.2) is 12.5 Å². The van der Waals surface area contributed by atoms with Crippen molar-refractivity contribution in [1.82, 2.24) is 20.2 Å². The molecule has 88 valence electrons. The van der Waals surface area contributed by atoms with Gasteiger partial charge in [0.2, 0.25) is 5.91 Å². The van der Waals surface area contributed by atoms with Crippen molar-refractivity contribution in [2.75, 3.05) is 6.54 Å². The zero-order valence-corrected chi connectivity index (χ0v) is 9.57. The molecule has 0 radical (unpaired) electrons. The van der Waals surface area contributed by atoms with Crippen molar-refractivity contribution in [1.29, 1.82) is 0 Å². The van der Waals surface area contributed by atoms with E-state index < -0.39 is 0 Å². The number of aryl methyl sites for hydroxylation is 1. The minimum absolute atomic E-state index is 0.0580. The second-order valence-corrected chi connectivity index (χ2v) is 4.22. The van der Waals surface area contributed by atoms with Gasteiger partial charge in [0.25, 0.3) is 0 Å². The summed E-state index contributed by atoms with van der Waals surface area (Å²) >= 11 is 0. The van der Waals surface area contributed by atoms with Crippen LogP contribution < -0.4 is 10.6 Å². The van der Waals surface area contributed by atoms with Gasteiger partial charge >= 0.3 is 0 Å². The second-order valence-electron chi connectivity index (χ2n) is 4.22. The summed E-state index contributed by atoms with van der Waals surface area (Å²) in [5.41, 5.74) is 1.09. The lowest BCUT2D eigenvalue weighted by molar-refractivity contribution is -0.122. The third-order valence-electron chi connectivity index (χ3n) is 2.98. The molecule has 1 unspecified atom stereocenters. The monoisotopic (exact) mass is 222 g/mol. The van der Waals surface area contributed by atoms with Gasteiger partial charge in [0, 0.05) is 26.3 Å². The summed E-state index contributed by atoms with van der Waals surface area (Å²) < 4.78 is 1.96. The SMILES string of the molecule is Cn1cncc1CNC1CCCCNC1=O. The van der Waals surface area contributed by atoms with Crippen LogP contribution in [-0.4, -0.2) is 28.0 Å². The Kier molecular flexibility index (Phi) is 3.56. The van der Waals surface area contributed by atoms with Crippen LogP contribution in [-0.2, 0) is 18.4 Å². The quantitative estimate of drug-likeness (QED) is 0.767. The Morgan fingerprint density at radius 2 is 2.50 bits per heavy atom. The Morgan fingerprint density at radius 1 is 1.62 bits per heavy atom. The first-order valence-electron chi connectivity index (χ1n) is 5.73. The van der Waals surface area contributed by atoms with Crippen LogP contribution >= 0.6 is 0 Å². The van der Waals surface area contributed by atoms with Gasteiger partial charge < -0.3 is 15.2 Å². The number of nitrogens with one attached hydrogen (secondary N) is 2. The highest BCUT2D eigenvalue weighted by Gasteiger charge is 2.19. The van der Waals surface area contributed by atoms with E-state index >= 15 is 0 Å². The Bertz CT molecular complexity index is 361. The van der Waals surface area contributed by atoms with Crippen LogP contribution in [0.1, 0.15) is 25.0 Å². The van der Waals surface area contributed by atoms with Crippen molar-refractivity contribution in [3.05, 3.63) is 18.2 Å². The number of imidazole rings is 1. The van der Waals surface area contributed by atoms with Gasteiger partial charge in [0.1, 0.15) is 0 Å². The molecule has 0 bridgehead atoms. The molecule has 0 aromatic carbocycles. The van der Waals surface area contributed by atoms with Crippen LogP contribution in [0.5, 0.6) is 0 Å². The maximum absolute atomic E-state index is 11.7. The van der Waals surface area contributed by atoms with Crippen molar-refractivity contribution in [3.8, 4) is 0 Å². The fraction of sp³-hybridized carbons (Fsp3) is 0.636. The molecule has 1 aromatic heterocycles. The van der Waals surface area contributed by atoms with E-state index in [1.54, 1.807) is 6.33 Å². The number of carbonyl (C=O) groups is 1. The molecule has 1 saturated heterocycles. The van der Waals surface area contributed by atoms with Gasteiger partial charge in [-0.05, 0) is 19.3 Å². The number of hydrogen-bond donors (Lipinski definition) is 2. The Morgan fingerprint density at radius 3 is 3.25 bits per heavy atom. The third kappa shape index (κ3) is 2.61. The summed E-state index contributed by atoms with van der Waals surface area (Å²) in [5, 5.41) is 6.20. The van der Waals surface area contributed by atoms with E-state index in [1.807, 2.05) is 17.8 Å². The Balaban J connectivity index is 1.89. The largest absolute Gasteiger partial charge is 0.355 e. The van der Waals surface area contributed by atoms with Gasteiger partial charge in [0.15, 0.2) is 0 Å². The number of carbonyl (C=O) groups excluding carboxylic acids is 1.